The fraction of sp³-hybridized carbons (Fsp3) is 0.500. The fourth-order valence-corrected chi connectivity index (χ4v) is 3.10. The molecular weight excluding hydrogens is 214 g/mol. The maximum atomic E-state index is 10.1. The minimum Gasteiger partial charge on any atom is -0.493 e. The number of hydrogen-bond donors (Lipinski definition) is 0. The number of benzene rings is 1. The van der Waals surface area contributed by atoms with E-state index in [1.807, 2.05) is 0 Å². The van der Waals surface area contributed by atoms with Gasteiger partial charge in [-0.05, 0) is 42.4 Å². The summed E-state index contributed by atoms with van der Waals surface area (Å²) in [5.74, 6) is 1.62. The van der Waals surface area contributed by atoms with E-state index in [0.29, 0.717) is 12.5 Å². The molecule has 0 spiro atoms. The molecule has 0 amide bonds. The van der Waals surface area contributed by atoms with Crippen LogP contribution in [0.3, 0.4) is 0 Å². The van der Waals surface area contributed by atoms with E-state index >= 15 is 0 Å². The smallest absolute Gasteiger partial charge is 0.234 e. The molecule has 0 aromatic heterocycles. The van der Waals surface area contributed by atoms with Crippen LogP contribution in [0.15, 0.2) is 17.1 Å². The van der Waals surface area contributed by atoms with Crippen LogP contribution in [0.25, 0.3) is 0 Å². The fourth-order valence-electron chi connectivity index (χ4n) is 3.10. The maximum Gasteiger partial charge on any atom is 0.234 e. The summed E-state index contributed by atoms with van der Waals surface area (Å²) in [4.78, 5) is 13.8. The van der Waals surface area contributed by atoms with Gasteiger partial charge >= 0.3 is 0 Å². The third-order valence-corrected chi connectivity index (χ3v) is 3.84. The summed E-state index contributed by atoms with van der Waals surface area (Å²) in [5, 5.41) is 0. The van der Waals surface area contributed by atoms with Crippen LogP contribution in [0, 0.1) is 0 Å². The average molecular weight is 229 g/mol. The molecule has 0 N–H and O–H groups in total. The zero-order valence-corrected chi connectivity index (χ0v) is 9.74. The van der Waals surface area contributed by atoms with Crippen LogP contribution >= 0.6 is 0 Å². The standard InChI is InChI=1S/C14H15NO2/c16-9-15-7-5-11-2-1-10-3-4-13-12(14(10)11)6-8-17-13/h3-4,11H,1-2,5-8H2/t11-/m0/s1. The van der Waals surface area contributed by atoms with Gasteiger partial charge in [0.15, 0.2) is 0 Å². The van der Waals surface area contributed by atoms with Crippen molar-refractivity contribution in [1.82, 2.24) is 0 Å². The Labute approximate surface area is 101 Å². The summed E-state index contributed by atoms with van der Waals surface area (Å²) in [5.41, 5.74) is 4.36. The Balaban J connectivity index is 1.90. The number of isocyanates is 1. The predicted octanol–water partition coefficient (Wildman–Crippen LogP) is 2.38. The van der Waals surface area contributed by atoms with Crippen molar-refractivity contribution in [3.05, 3.63) is 28.8 Å². The number of carbonyl (C=O) groups excluding carboxylic acids is 1. The van der Waals surface area contributed by atoms with Crippen molar-refractivity contribution < 1.29 is 9.53 Å². The second kappa shape index (κ2) is 4.34. The van der Waals surface area contributed by atoms with Crippen LogP contribution < -0.4 is 4.74 Å². The molecule has 3 nitrogen and oxygen atoms in total. The number of ether oxygens (including phenoxy) is 1. The van der Waals surface area contributed by atoms with Crippen molar-refractivity contribution in [2.24, 2.45) is 4.99 Å². The highest BCUT2D eigenvalue weighted by Crippen LogP contribution is 2.43. The topological polar surface area (TPSA) is 38.7 Å². The molecule has 3 rings (SSSR count). The first-order chi connectivity index (χ1) is 8.40. The van der Waals surface area contributed by atoms with Crippen molar-refractivity contribution in [2.45, 2.75) is 31.6 Å². The van der Waals surface area contributed by atoms with Gasteiger partial charge in [-0.1, -0.05) is 6.07 Å². The molecule has 0 saturated heterocycles. The minimum atomic E-state index is 0.554. The van der Waals surface area contributed by atoms with Gasteiger partial charge in [-0.2, -0.15) is 0 Å². The van der Waals surface area contributed by atoms with Crippen molar-refractivity contribution in [3.63, 3.8) is 0 Å². The minimum absolute atomic E-state index is 0.554. The van der Waals surface area contributed by atoms with Crippen LogP contribution in [0.5, 0.6) is 5.75 Å². The summed E-state index contributed by atoms with van der Waals surface area (Å²) in [6.45, 7) is 1.41. The maximum absolute atomic E-state index is 10.1. The molecule has 1 aromatic rings. The molecule has 1 aromatic carbocycles. The Morgan fingerprint density at radius 2 is 2.35 bits per heavy atom. The molecular formula is C14H15NO2. The SMILES string of the molecule is O=C=NCC[C@@H]1CCc2ccc3c(c21)CCO3. The number of aliphatic imine (C=N–C) groups is 1. The Morgan fingerprint density at radius 3 is 3.24 bits per heavy atom. The Bertz CT molecular complexity index is 489. The number of fused-ring (bicyclic) bond motifs is 3. The highest BCUT2D eigenvalue weighted by atomic mass is 16.5. The number of aryl methyl sites for hydroxylation is 1. The Morgan fingerprint density at radius 1 is 1.41 bits per heavy atom. The van der Waals surface area contributed by atoms with E-state index in [-0.39, 0.29) is 0 Å². The van der Waals surface area contributed by atoms with Crippen molar-refractivity contribution >= 4 is 6.08 Å². The Kier molecular flexibility index (Phi) is 2.69. The first-order valence-corrected chi connectivity index (χ1v) is 6.21. The number of hydrogen-bond acceptors (Lipinski definition) is 3. The normalized spacial score (nSPS) is 20.4. The molecule has 0 unspecified atom stereocenters. The zero-order valence-electron chi connectivity index (χ0n) is 9.74. The van der Waals surface area contributed by atoms with Gasteiger partial charge in [-0.25, -0.2) is 9.79 Å². The molecule has 88 valence electrons. The molecule has 1 atom stereocenters. The molecule has 0 bridgehead atoms. The lowest BCUT2D eigenvalue weighted by Gasteiger charge is -2.13. The van der Waals surface area contributed by atoms with Gasteiger partial charge in [-0.15, -0.1) is 0 Å². The molecule has 1 heterocycles. The van der Waals surface area contributed by atoms with Crippen LogP contribution in [0.2, 0.25) is 0 Å². The van der Waals surface area contributed by atoms with Gasteiger partial charge in [0, 0.05) is 12.0 Å². The van der Waals surface area contributed by atoms with E-state index in [2.05, 4.69) is 17.1 Å². The van der Waals surface area contributed by atoms with Gasteiger partial charge in [0.25, 0.3) is 0 Å². The quantitative estimate of drug-likeness (QED) is 0.589. The van der Waals surface area contributed by atoms with Crippen LogP contribution in [0.1, 0.15) is 35.4 Å². The number of nitrogens with zero attached hydrogens (tertiary/aromatic N) is 1. The second-order valence-corrected chi connectivity index (χ2v) is 4.71. The molecule has 0 radical (unpaired) electrons. The molecule has 3 heteroatoms. The van der Waals surface area contributed by atoms with E-state index in [0.717, 1.165) is 31.6 Å². The lowest BCUT2D eigenvalue weighted by molar-refractivity contribution is 0.357. The molecule has 1 aliphatic heterocycles. The first kappa shape index (κ1) is 10.5. The van der Waals surface area contributed by atoms with E-state index in [4.69, 9.17) is 4.74 Å². The lowest BCUT2D eigenvalue weighted by Crippen LogP contribution is -1.99. The van der Waals surface area contributed by atoms with Gasteiger partial charge in [0.1, 0.15) is 5.75 Å². The van der Waals surface area contributed by atoms with Crippen molar-refractivity contribution in [2.75, 3.05) is 13.2 Å². The van der Waals surface area contributed by atoms with Gasteiger partial charge < -0.3 is 4.74 Å². The largest absolute Gasteiger partial charge is 0.493 e. The summed E-state index contributed by atoms with van der Waals surface area (Å²) in [6, 6.07) is 4.30. The predicted molar refractivity (Wildman–Crippen MR) is 64.3 cm³/mol. The van der Waals surface area contributed by atoms with Gasteiger partial charge in [0.05, 0.1) is 13.2 Å². The van der Waals surface area contributed by atoms with E-state index in [9.17, 15) is 4.79 Å². The summed E-state index contributed by atoms with van der Waals surface area (Å²) >= 11 is 0. The van der Waals surface area contributed by atoms with Crippen molar-refractivity contribution in [1.29, 1.82) is 0 Å². The van der Waals surface area contributed by atoms with Crippen LogP contribution in [-0.2, 0) is 17.6 Å². The molecule has 1 aliphatic carbocycles. The van der Waals surface area contributed by atoms with E-state index in [1.165, 1.54) is 23.1 Å². The molecule has 0 fully saturated rings. The van der Waals surface area contributed by atoms with Crippen molar-refractivity contribution in [3.8, 4) is 5.75 Å². The van der Waals surface area contributed by atoms with Crippen LogP contribution in [-0.4, -0.2) is 19.2 Å². The zero-order chi connectivity index (χ0) is 11.7. The molecule has 17 heavy (non-hydrogen) atoms. The van der Waals surface area contributed by atoms with Gasteiger partial charge in [-0.3, -0.25) is 0 Å². The lowest BCUT2D eigenvalue weighted by atomic mass is 9.92. The van der Waals surface area contributed by atoms with E-state index in [1.54, 1.807) is 6.08 Å². The van der Waals surface area contributed by atoms with E-state index < -0.39 is 0 Å². The molecule has 0 saturated carbocycles. The van der Waals surface area contributed by atoms with Crippen LogP contribution in [0.4, 0.5) is 0 Å². The monoisotopic (exact) mass is 229 g/mol. The summed E-state index contributed by atoms with van der Waals surface area (Å²) in [6.07, 6.45) is 5.94. The highest BCUT2D eigenvalue weighted by Gasteiger charge is 2.28. The van der Waals surface area contributed by atoms with Gasteiger partial charge in [0.2, 0.25) is 6.08 Å². The highest BCUT2D eigenvalue weighted by molar-refractivity contribution is 5.51. The average Bonchev–Trinajstić information content (AvgIpc) is 2.94. The number of rotatable bonds is 3. The summed E-state index contributed by atoms with van der Waals surface area (Å²) < 4.78 is 5.61. The third-order valence-electron chi connectivity index (χ3n) is 3.84. The Hall–Kier alpha value is -1.60. The second-order valence-electron chi connectivity index (χ2n) is 4.71. The summed E-state index contributed by atoms with van der Waals surface area (Å²) in [7, 11) is 0. The third kappa shape index (κ3) is 1.77. The molecule has 2 aliphatic rings. The first-order valence-electron chi connectivity index (χ1n) is 6.21.